The van der Waals surface area contributed by atoms with E-state index in [2.05, 4.69) is 24.9 Å². The van der Waals surface area contributed by atoms with Gasteiger partial charge in [-0.15, -0.1) is 0 Å². The van der Waals surface area contributed by atoms with Crippen molar-refractivity contribution in [3.63, 3.8) is 0 Å². The molecule has 1 heterocycles. The quantitative estimate of drug-likeness (QED) is 0.778. The van der Waals surface area contributed by atoms with E-state index < -0.39 is 5.54 Å². The molecule has 0 aliphatic carbocycles. The normalized spacial score (nSPS) is 23.8. The summed E-state index contributed by atoms with van der Waals surface area (Å²) in [5.74, 6) is 0. The largest absolute Gasteiger partial charge is 0.381 e. The predicted molar refractivity (Wildman–Crippen MR) is 63.9 cm³/mol. The van der Waals surface area contributed by atoms with Crippen molar-refractivity contribution in [3.05, 3.63) is 0 Å². The van der Waals surface area contributed by atoms with Crippen molar-refractivity contribution < 1.29 is 4.74 Å². The van der Waals surface area contributed by atoms with E-state index in [4.69, 9.17) is 15.7 Å². The lowest BCUT2D eigenvalue weighted by Gasteiger charge is -2.37. The number of nitrogens with two attached hydrogens (primary N) is 1. The summed E-state index contributed by atoms with van der Waals surface area (Å²) < 4.78 is 5.35. The van der Waals surface area contributed by atoms with Crippen LogP contribution in [0.25, 0.3) is 0 Å². The summed E-state index contributed by atoms with van der Waals surface area (Å²) in [6, 6.07) is 3.06. The van der Waals surface area contributed by atoms with E-state index in [1.165, 1.54) is 0 Å². The van der Waals surface area contributed by atoms with Crippen molar-refractivity contribution >= 4 is 0 Å². The number of hydrogen-bond donors (Lipinski definition) is 1. The Balaban J connectivity index is 2.46. The molecule has 1 aliphatic heterocycles. The summed E-state index contributed by atoms with van der Waals surface area (Å²) >= 11 is 0. The van der Waals surface area contributed by atoms with E-state index in [0.29, 0.717) is 18.5 Å². The van der Waals surface area contributed by atoms with Crippen LogP contribution in [0.3, 0.4) is 0 Å². The average Bonchev–Trinajstić information content (AvgIpc) is 2.28. The highest BCUT2D eigenvalue weighted by atomic mass is 16.5. The molecule has 1 fully saturated rings. The summed E-state index contributed by atoms with van der Waals surface area (Å²) in [7, 11) is 2.12. The minimum Gasteiger partial charge on any atom is -0.381 e. The molecule has 16 heavy (non-hydrogen) atoms. The Kier molecular flexibility index (Phi) is 4.72. The summed E-state index contributed by atoms with van der Waals surface area (Å²) in [6.07, 6.45) is 2.86. The maximum atomic E-state index is 8.92. The van der Waals surface area contributed by atoms with Crippen molar-refractivity contribution in [3.8, 4) is 6.07 Å². The van der Waals surface area contributed by atoms with E-state index in [-0.39, 0.29) is 0 Å². The van der Waals surface area contributed by atoms with Gasteiger partial charge in [-0.3, -0.25) is 0 Å². The third-order valence-electron chi connectivity index (χ3n) is 3.44. The van der Waals surface area contributed by atoms with Gasteiger partial charge in [0.15, 0.2) is 0 Å². The minimum atomic E-state index is -0.723. The third-order valence-corrected chi connectivity index (χ3v) is 3.44. The molecule has 0 amide bonds. The Morgan fingerprint density at radius 3 is 2.62 bits per heavy atom. The highest BCUT2D eigenvalue weighted by Crippen LogP contribution is 2.19. The minimum absolute atomic E-state index is 0.331. The molecular weight excluding hydrogens is 202 g/mol. The maximum absolute atomic E-state index is 8.92. The van der Waals surface area contributed by atoms with Crippen LogP contribution in [0.1, 0.15) is 33.1 Å². The van der Waals surface area contributed by atoms with Crippen LogP contribution < -0.4 is 5.73 Å². The third kappa shape index (κ3) is 3.75. The van der Waals surface area contributed by atoms with Gasteiger partial charge in [0.05, 0.1) is 6.07 Å². The molecule has 0 radical (unpaired) electrons. The smallest absolute Gasteiger partial charge is 0.102 e. The Morgan fingerprint density at radius 1 is 1.56 bits per heavy atom. The van der Waals surface area contributed by atoms with Gasteiger partial charge in [-0.05, 0) is 40.2 Å². The molecule has 92 valence electrons. The topological polar surface area (TPSA) is 62.3 Å². The Labute approximate surface area is 98.4 Å². The van der Waals surface area contributed by atoms with Gasteiger partial charge < -0.3 is 15.4 Å². The zero-order valence-electron chi connectivity index (χ0n) is 10.6. The first-order chi connectivity index (χ1) is 7.46. The number of ether oxygens (including phenoxy) is 1. The first kappa shape index (κ1) is 13.4. The first-order valence-electron chi connectivity index (χ1n) is 5.96. The van der Waals surface area contributed by atoms with Crippen LogP contribution >= 0.6 is 0 Å². The molecule has 2 atom stereocenters. The van der Waals surface area contributed by atoms with E-state index >= 15 is 0 Å². The number of nitrogens with zero attached hydrogens (tertiary/aromatic N) is 2. The fourth-order valence-corrected chi connectivity index (χ4v) is 2.26. The molecule has 2 unspecified atom stereocenters. The second-order valence-corrected chi connectivity index (χ2v) is 5.09. The van der Waals surface area contributed by atoms with E-state index in [0.717, 1.165) is 26.1 Å². The second kappa shape index (κ2) is 5.62. The van der Waals surface area contributed by atoms with Crippen LogP contribution in [0.15, 0.2) is 0 Å². The van der Waals surface area contributed by atoms with Crippen LogP contribution in [0.5, 0.6) is 0 Å². The SMILES string of the molecule is CC(CC(C)(N)C#N)N(C)C1CCOCC1. The van der Waals surface area contributed by atoms with Crippen molar-refractivity contribution in [1.29, 1.82) is 5.26 Å². The molecular formula is C12H23N3O. The standard InChI is InChI=1S/C12H23N3O/c1-10(8-12(2,14)9-13)15(3)11-4-6-16-7-5-11/h10-11H,4-8,14H2,1-3H3. The lowest BCUT2D eigenvalue weighted by Crippen LogP contribution is -2.47. The van der Waals surface area contributed by atoms with Gasteiger partial charge in [-0.1, -0.05) is 0 Å². The monoisotopic (exact) mass is 225 g/mol. The molecule has 4 nitrogen and oxygen atoms in total. The fourth-order valence-electron chi connectivity index (χ4n) is 2.26. The number of hydrogen-bond acceptors (Lipinski definition) is 4. The molecule has 1 saturated heterocycles. The van der Waals surface area contributed by atoms with Gasteiger partial charge in [0.2, 0.25) is 0 Å². The first-order valence-corrected chi connectivity index (χ1v) is 5.96. The van der Waals surface area contributed by atoms with Gasteiger partial charge in [0, 0.05) is 25.3 Å². The van der Waals surface area contributed by atoms with Gasteiger partial charge in [-0.2, -0.15) is 5.26 Å². The van der Waals surface area contributed by atoms with E-state index in [1.807, 2.05) is 0 Å². The van der Waals surface area contributed by atoms with Crippen molar-refractivity contribution in [2.75, 3.05) is 20.3 Å². The molecule has 2 N–H and O–H groups in total. The average molecular weight is 225 g/mol. The summed E-state index contributed by atoms with van der Waals surface area (Å²) in [6.45, 7) is 5.62. The molecule has 0 aromatic carbocycles. The Morgan fingerprint density at radius 2 is 2.12 bits per heavy atom. The summed E-state index contributed by atoms with van der Waals surface area (Å²) in [4.78, 5) is 2.34. The van der Waals surface area contributed by atoms with Crippen LogP contribution in [0.2, 0.25) is 0 Å². The molecule has 0 aromatic heterocycles. The molecule has 0 spiro atoms. The Bertz CT molecular complexity index is 253. The van der Waals surface area contributed by atoms with Crippen molar-refractivity contribution in [2.45, 2.75) is 50.7 Å². The van der Waals surface area contributed by atoms with Crippen molar-refractivity contribution in [1.82, 2.24) is 4.90 Å². The second-order valence-electron chi connectivity index (χ2n) is 5.09. The molecule has 0 bridgehead atoms. The van der Waals surface area contributed by atoms with Gasteiger partial charge in [0.25, 0.3) is 0 Å². The van der Waals surface area contributed by atoms with Crippen LogP contribution in [0.4, 0.5) is 0 Å². The van der Waals surface area contributed by atoms with Crippen LogP contribution in [-0.4, -0.2) is 42.8 Å². The zero-order valence-corrected chi connectivity index (χ0v) is 10.6. The van der Waals surface area contributed by atoms with E-state index in [1.54, 1.807) is 6.92 Å². The lowest BCUT2D eigenvalue weighted by atomic mass is 9.94. The summed E-state index contributed by atoms with van der Waals surface area (Å²) in [5.41, 5.74) is 5.15. The molecule has 0 saturated carbocycles. The molecule has 0 aromatic rings. The predicted octanol–water partition coefficient (Wildman–Crippen LogP) is 1.12. The summed E-state index contributed by atoms with van der Waals surface area (Å²) in [5, 5.41) is 8.92. The number of nitriles is 1. The fraction of sp³-hybridized carbons (Fsp3) is 0.917. The van der Waals surface area contributed by atoms with Gasteiger partial charge in [0.1, 0.15) is 5.54 Å². The lowest BCUT2D eigenvalue weighted by molar-refractivity contribution is 0.0281. The maximum Gasteiger partial charge on any atom is 0.102 e. The number of rotatable bonds is 4. The molecule has 4 heteroatoms. The van der Waals surface area contributed by atoms with Crippen LogP contribution in [0, 0.1) is 11.3 Å². The van der Waals surface area contributed by atoms with Crippen LogP contribution in [-0.2, 0) is 4.74 Å². The van der Waals surface area contributed by atoms with Gasteiger partial charge >= 0.3 is 0 Å². The molecule has 1 aliphatic rings. The molecule has 1 rings (SSSR count). The zero-order chi connectivity index (χ0) is 12.2. The van der Waals surface area contributed by atoms with Gasteiger partial charge in [-0.25, -0.2) is 0 Å². The van der Waals surface area contributed by atoms with Crippen molar-refractivity contribution in [2.24, 2.45) is 5.73 Å². The Hall–Kier alpha value is -0.630. The highest BCUT2D eigenvalue weighted by molar-refractivity contribution is 5.02. The highest BCUT2D eigenvalue weighted by Gasteiger charge is 2.27. The van der Waals surface area contributed by atoms with E-state index in [9.17, 15) is 0 Å².